The highest BCUT2D eigenvalue weighted by molar-refractivity contribution is 6.02. The van der Waals surface area contributed by atoms with Crippen molar-refractivity contribution in [2.75, 3.05) is 0 Å². The Kier molecular flexibility index (Phi) is 6.19. The van der Waals surface area contributed by atoms with Crippen LogP contribution in [0, 0.1) is 11.3 Å². The van der Waals surface area contributed by atoms with E-state index in [9.17, 15) is 10.1 Å². The highest BCUT2D eigenvalue weighted by Crippen LogP contribution is 2.25. The van der Waals surface area contributed by atoms with Gasteiger partial charge in [0.25, 0.3) is 5.91 Å². The van der Waals surface area contributed by atoms with Crippen LogP contribution in [-0.4, -0.2) is 20.7 Å². The predicted octanol–water partition coefficient (Wildman–Crippen LogP) is 4.72. The van der Waals surface area contributed by atoms with Crippen LogP contribution in [0.5, 0.6) is 0 Å². The summed E-state index contributed by atoms with van der Waals surface area (Å²) in [6.45, 7) is 1.89. The molecule has 32 heavy (non-hydrogen) atoms. The fourth-order valence-corrected chi connectivity index (χ4v) is 3.34. The first-order chi connectivity index (χ1) is 15.7. The molecule has 1 amide bonds. The minimum atomic E-state index is -0.437. The first-order valence-corrected chi connectivity index (χ1v) is 10.2. The Morgan fingerprint density at radius 3 is 2.44 bits per heavy atom. The molecule has 0 aliphatic carbocycles. The Morgan fingerprint density at radius 2 is 1.78 bits per heavy atom. The third kappa shape index (κ3) is 4.63. The van der Waals surface area contributed by atoms with E-state index in [1.54, 1.807) is 23.2 Å². The molecule has 2 aromatic carbocycles. The zero-order valence-corrected chi connectivity index (χ0v) is 17.5. The van der Waals surface area contributed by atoms with Gasteiger partial charge in [-0.05, 0) is 42.8 Å². The quantitative estimate of drug-likeness (QED) is 0.362. The van der Waals surface area contributed by atoms with E-state index in [1.165, 1.54) is 0 Å². The van der Waals surface area contributed by atoms with Gasteiger partial charge in [0, 0.05) is 29.7 Å². The van der Waals surface area contributed by atoms with E-state index in [2.05, 4.69) is 10.3 Å². The lowest BCUT2D eigenvalue weighted by Gasteiger charge is -2.13. The second-order valence-corrected chi connectivity index (χ2v) is 7.23. The van der Waals surface area contributed by atoms with Crippen molar-refractivity contribution >= 4 is 12.0 Å². The van der Waals surface area contributed by atoms with E-state index < -0.39 is 5.91 Å². The van der Waals surface area contributed by atoms with Crippen LogP contribution in [0.3, 0.4) is 0 Å². The largest absolute Gasteiger partial charge is 0.345 e. The molecular formula is C26H21N5O. The van der Waals surface area contributed by atoms with Gasteiger partial charge in [0.1, 0.15) is 17.3 Å². The number of pyridine rings is 1. The maximum Gasteiger partial charge on any atom is 0.262 e. The molecule has 1 atom stereocenters. The van der Waals surface area contributed by atoms with Crippen LogP contribution in [0.15, 0.2) is 97.0 Å². The number of hydrogen-bond acceptors (Lipinski definition) is 4. The van der Waals surface area contributed by atoms with Gasteiger partial charge in [0.15, 0.2) is 0 Å². The predicted molar refractivity (Wildman–Crippen MR) is 123 cm³/mol. The maximum atomic E-state index is 12.8. The van der Waals surface area contributed by atoms with Crippen molar-refractivity contribution in [3.8, 4) is 23.0 Å². The van der Waals surface area contributed by atoms with Crippen LogP contribution < -0.4 is 5.32 Å². The number of carbonyl (C=O) groups is 1. The zero-order valence-electron chi connectivity index (χ0n) is 17.5. The normalized spacial score (nSPS) is 12.1. The lowest BCUT2D eigenvalue weighted by Crippen LogP contribution is -2.27. The van der Waals surface area contributed by atoms with Crippen LogP contribution in [0.1, 0.15) is 24.1 Å². The Labute approximate surface area is 186 Å². The third-order valence-electron chi connectivity index (χ3n) is 5.01. The second kappa shape index (κ2) is 9.54. The molecule has 0 saturated carbocycles. The monoisotopic (exact) mass is 419 g/mol. The molecule has 4 rings (SSSR count). The molecule has 0 aliphatic rings. The van der Waals surface area contributed by atoms with E-state index >= 15 is 0 Å². The summed E-state index contributed by atoms with van der Waals surface area (Å²) in [6.07, 6.45) is 6.77. The van der Waals surface area contributed by atoms with Gasteiger partial charge in [-0.3, -0.25) is 9.78 Å². The molecule has 0 spiro atoms. The van der Waals surface area contributed by atoms with Gasteiger partial charge < -0.3 is 5.32 Å². The smallest absolute Gasteiger partial charge is 0.262 e. The summed E-state index contributed by atoms with van der Waals surface area (Å²) in [5, 5.41) is 17.3. The number of nitrogens with zero attached hydrogens (tertiary/aromatic N) is 4. The van der Waals surface area contributed by atoms with Crippen molar-refractivity contribution in [3.05, 3.63) is 108 Å². The molecule has 0 bridgehead atoms. The summed E-state index contributed by atoms with van der Waals surface area (Å²) in [5.41, 5.74) is 3.93. The number of aromatic nitrogens is 3. The Hall–Kier alpha value is -4.50. The number of carbonyl (C=O) groups excluding carboxylic acids is 1. The minimum Gasteiger partial charge on any atom is -0.345 e. The third-order valence-corrected chi connectivity index (χ3v) is 5.01. The van der Waals surface area contributed by atoms with Gasteiger partial charge >= 0.3 is 0 Å². The van der Waals surface area contributed by atoms with Gasteiger partial charge in [-0.2, -0.15) is 10.4 Å². The van der Waals surface area contributed by atoms with E-state index in [1.807, 2.05) is 92.0 Å². The molecule has 1 unspecified atom stereocenters. The average Bonchev–Trinajstić information content (AvgIpc) is 3.28. The molecular weight excluding hydrogens is 398 g/mol. The molecule has 156 valence electrons. The number of amides is 1. The van der Waals surface area contributed by atoms with Crippen LogP contribution in [0.2, 0.25) is 0 Å². The zero-order chi connectivity index (χ0) is 22.3. The fourth-order valence-electron chi connectivity index (χ4n) is 3.34. The Balaban J connectivity index is 1.69. The summed E-state index contributed by atoms with van der Waals surface area (Å²) in [4.78, 5) is 17.0. The minimum absolute atomic E-state index is 0.00512. The molecule has 0 aliphatic heterocycles. The van der Waals surface area contributed by atoms with Crippen molar-refractivity contribution < 1.29 is 4.79 Å². The fraction of sp³-hybridized carbons (Fsp3) is 0.0769. The van der Waals surface area contributed by atoms with Gasteiger partial charge in [-0.1, -0.05) is 48.5 Å². The molecule has 6 nitrogen and oxygen atoms in total. The van der Waals surface area contributed by atoms with E-state index in [0.717, 1.165) is 16.8 Å². The summed E-state index contributed by atoms with van der Waals surface area (Å²) in [6, 6.07) is 24.8. The highest BCUT2D eigenvalue weighted by atomic mass is 16.1. The first-order valence-electron chi connectivity index (χ1n) is 10.2. The number of nitriles is 1. The van der Waals surface area contributed by atoms with Crippen LogP contribution in [-0.2, 0) is 4.79 Å². The number of rotatable bonds is 6. The van der Waals surface area contributed by atoms with Gasteiger partial charge in [0.2, 0.25) is 0 Å². The molecule has 0 radical (unpaired) electrons. The van der Waals surface area contributed by atoms with Crippen LogP contribution in [0.4, 0.5) is 0 Å². The topological polar surface area (TPSA) is 83.6 Å². The number of benzene rings is 2. The summed E-state index contributed by atoms with van der Waals surface area (Å²) < 4.78 is 1.73. The standard InChI is InChI=1S/C26H21N5O/c1-19(20-9-4-2-5-10-20)29-26(32)22(16-27)15-23-18-31(24-12-6-3-7-13-24)30-25(23)21-11-8-14-28-17-21/h2-15,17-19H,1H3,(H,29,32)/b22-15+. The number of hydrogen-bond donors (Lipinski definition) is 1. The van der Waals surface area contributed by atoms with Crippen molar-refractivity contribution in [2.24, 2.45) is 0 Å². The second-order valence-electron chi connectivity index (χ2n) is 7.23. The van der Waals surface area contributed by atoms with Crippen molar-refractivity contribution in [1.29, 1.82) is 5.26 Å². The highest BCUT2D eigenvalue weighted by Gasteiger charge is 2.17. The van der Waals surface area contributed by atoms with Crippen molar-refractivity contribution in [1.82, 2.24) is 20.1 Å². The van der Waals surface area contributed by atoms with E-state index in [0.29, 0.717) is 11.3 Å². The Bertz CT molecular complexity index is 1270. The van der Waals surface area contributed by atoms with Crippen LogP contribution in [0.25, 0.3) is 23.0 Å². The lowest BCUT2D eigenvalue weighted by molar-refractivity contribution is -0.117. The van der Waals surface area contributed by atoms with Crippen LogP contribution >= 0.6 is 0 Å². The van der Waals surface area contributed by atoms with Gasteiger partial charge in [0.05, 0.1) is 11.7 Å². The molecule has 0 saturated heterocycles. The average molecular weight is 419 g/mol. The van der Waals surface area contributed by atoms with E-state index in [4.69, 9.17) is 5.10 Å². The molecule has 4 aromatic rings. The van der Waals surface area contributed by atoms with Gasteiger partial charge in [-0.15, -0.1) is 0 Å². The van der Waals surface area contributed by atoms with E-state index in [-0.39, 0.29) is 11.6 Å². The molecule has 0 fully saturated rings. The molecule has 2 aromatic heterocycles. The summed E-state index contributed by atoms with van der Waals surface area (Å²) in [5.74, 6) is -0.437. The number of para-hydroxylation sites is 1. The summed E-state index contributed by atoms with van der Waals surface area (Å²) in [7, 11) is 0. The molecule has 1 N–H and O–H groups in total. The van der Waals surface area contributed by atoms with Gasteiger partial charge in [-0.25, -0.2) is 4.68 Å². The van der Waals surface area contributed by atoms with Crippen molar-refractivity contribution in [2.45, 2.75) is 13.0 Å². The Morgan fingerprint density at radius 1 is 1.06 bits per heavy atom. The number of nitrogens with one attached hydrogen (secondary N) is 1. The van der Waals surface area contributed by atoms with Crippen molar-refractivity contribution in [3.63, 3.8) is 0 Å². The summed E-state index contributed by atoms with van der Waals surface area (Å²) >= 11 is 0. The molecule has 2 heterocycles. The lowest BCUT2D eigenvalue weighted by atomic mass is 10.1. The SMILES string of the molecule is CC(NC(=O)/C(C#N)=C/c1cn(-c2ccccc2)nc1-c1cccnc1)c1ccccc1. The maximum absolute atomic E-state index is 12.8. The molecule has 6 heteroatoms. The first kappa shape index (κ1) is 20.8.